The average molecular weight is 605 g/mol. The van der Waals surface area contributed by atoms with E-state index in [2.05, 4.69) is 155 Å². The summed E-state index contributed by atoms with van der Waals surface area (Å²) < 4.78 is 13.8. The van der Waals surface area contributed by atoms with E-state index in [0.717, 1.165) is 27.6 Å². The first-order chi connectivity index (χ1) is 22.8. The number of para-hydroxylation sites is 4. The minimum absolute atomic E-state index is 0.910. The third-order valence-corrected chi connectivity index (χ3v) is 10.8. The lowest BCUT2D eigenvalue weighted by atomic mass is 10.1. The van der Waals surface area contributed by atoms with Crippen LogP contribution in [0.4, 0.5) is 0 Å². The topological polar surface area (TPSA) is 23.0 Å². The van der Waals surface area contributed by atoms with Gasteiger partial charge in [-0.15, -0.1) is 11.3 Å². The van der Waals surface area contributed by atoms with Crippen molar-refractivity contribution < 1.29 is 4.42 Å². The Hall–Kier alpha value is -5.84. The van der Waals surface area contributed by atoms with Gasteiger partial charge in [0.25, 0.3) is 0 Å². The van der Waals surface area contributed by atoms with Crippen molar-refractivity contribution in [3.8, 4) is 11.4 Å². The molecular formula is C42H24N2OS. The van der Waals surface area contributed by atoms with E-state index in [4.69, 9.17) is 4.42 Å². The largest absolute Gasteiger partial charge is 0.456 e. The summed E-state index contributed by atoms with van der Waals surface area (Å²) in [5.41, 5.74) is 9.01. The van der Waals surface area contributed by atoms with Crippen LogP contribution in [0.2, 0.25) is 0 Å². The maximum absolute atomic E-state index is 6.53. The monoisotopic (exact) mass is 604 g/mol. The molecule has 214 valence electrons. The van der Waals surface area contributed by atoms with Gasteiger partial charge in [0.1, 0.15) is 11.2 Å². The quantitative estimate of drug-likeness (QED) is 0.192. The molecule has 11 rings (SSSR count). The highest BCUT2D eigenvalue weighted by atomic mass is 32.1. The number of rotatable bonds is 2. The third kappa shape index (κ3) is 3.21. The Balaban J connectivity index is 1.13. The molecular weight excluding hydrogens is 581 g/mol. The predicted molar refractivity (Wildman–Crippen MR) is 195 cm³/mol. The number of nitrogens with zero attached hydrogens (tertiary/aromatic N) is 2. The van der Waals surface area contributed by atoms with Gasteiger partial charge in [0.2, 0.25) is 0 Å². The van der Waals surface area contributed by atoms with E-state index >= 15 is 0 Å². The van der Waals surface area contributed by atoms with Crippen LogP contribution < -0.4 is 0 Å². The summed E-state index contributed by atoms with van der Waals surface area (Å²) in [5.74, 6) is 0. The summed E-state index contributed by atoms with van der Waals surface area (Å²) in [5, 5.41) is 9.86. The Morgan fingerprint density at radius 1 is 0.348 bits per heavy atom. The summed E-state index contributed by atoms with van der Waals surface area (Å²) >= 11 is 1.85. The first-order valence-electron chi connectivity index (χ1n) is 15.6. The van der Waals surface area contributed by atoms with Crippen LogP contribution in [0, 0.1) is 0 Å². The second-order valence-electron chi connectivity index (χ2n) is 12.1. The second kappa shape index (κ2) is 8.87. The predicted octanol–water partition coefficient (Wildman–Crippen LogP) is 12.1. The van der Waals surface area contributed by atoms with Crippen LogP contribution in [0.3, 0.4) is 0 Å². The zero-order valence-electron chi connectivity index (χ0n) is 24.6. The number of fused-ring (bicyclic) bond motifs is 12. The minimum atomic E-state index is 0.910. The van der Waals surface area contributed by atoms with Gasteiger partial charge >= 0.3 is 0 Å². The maximum atomic E-state index is 6.53. The van der Waals surface area contributed by atoms with Crippen molar-refractivity contribution in [2.75, 3.05) is 0 Å². The van der Waals surface area contributed by atoms with E-state index in [1.165, 1.54) is 69.5 Å². The standard InChI is InChI=1S/C42H24N2OS/c1-5-13-35-27(9-1)28-10-2-6-14-36(28)43(35)25-17-19-39-31(21-25)32-24-42-34(23-40(32)45-39)33-22-26(18-20-41(33)46-42)44-37-15-7-3-11-29(37)30-12-4-8-16-38(30)44/h1-24H. The van der Waals surface area contributed by atoms with Gasteiger partial charge in [-0.25, -0.2) is 0 Å². The lowest BCUT2D eigenvalue weighted by Gasteiger charge is -2.08. The molecule has 46 heavy (non-hydrogen) atoms. The number of hydrogen-bond donors (Lipinski definition) is 0. The zero-order chi connectivity index (χ0) is 29.9. The normalized spacial score (nSPS) is 12.3. The van der Waals surface area contributed by atoms with Crippen LogP contribution in [0.15, 0.2) is 150 Å². The fraction of sp³-hybridized carbons (Fsp3) is 0. The van der Waals surface area contributed by atoms with Crippen molar-refractivity contribution in [1.29, 1.82) is 0 Å². The molecule has 7 aromatic carbocycles. The van der Waals surface area contributed by atoms with Crippen LogP contribution in [-0.2, 0) is 0 Å². The highest BCUT2D eigenvalue weighted by molar-refractivity contribution is 7.25. The maximum Gasteiger partial charge on any atom is 0.136 e. The van der Waals surface area contributed by atoms with Gasteiger partial charge in [-0.3, -0.25) is 0 Å². The van der Waals surface area contributed by atoms with Crippen LogP contribution in [0.25, 0.3) is 97.1 Å². The van der Waals surface area contributed by atoms with E-state index in [1.807, 2.05) is 11.3 Å². The van der Waals surface area contributed by atoms with Crippen LogP contribution >= 0.6 is 11.3 Å². The summed E-state index contributed by atoms with van der Waals surface area (Å²) in [4.78, 5) is 0. The van der Waals surface area contributed by atoms with Crippen molar-refractivity contribution >= 4 is 97.1 Å². The van der Waals surface area contributed by atoms with E-state index in [1.54, 1.807) is 0 Å². The van der Waals surface area contributed by atoms with Crippen molar-refractivity contribution in [1.82, 2.24) is 9.13 Å². The van der Waals surface area contributed by atoms with E-state index in [-0.39, 0.29) is 0 Å². The lowest BCUT2D eigenvalue weighted by Crippen LogP contribution is -1.93. The smallest absolute Gasteiger partial charge is 0.136 e. The van der Waals surface area contributed by atoms with Gasteiger partial charge in [-0.1, -0.05) is 72.8 Å². The molecule has 0 unspecified atom stereocenters. The lowest BCUT2D eigenvalue weighted by molar-refractivity contribution is 0.669. The summed E-state index contributed by atoms with van der Waals surface area (Å²) in [6.07, 6.45) is 0. The molecule has 11 aromatic rings. The number of thiophene rings is 1. The SMILES string of the molecule is c1ccc2c(c1)c1ccccc1n2-c1ccc2oc3cc4c(cc3c2c1)sc1ccc(-n2c3ccccc3c3ccccc32)cc14. The van der Waals surface area contributed by atoms with Crippen LogP contribution in [0.1, 0.15) is 0 Å². The van der Waals surface area contributed by atoms with Crippen molar-refractivity contribution in [3.05, 3.63) is 146 Å². The van der Waals surface area contributed by atoms with Gasteiger partial charge in [0, 0.05) is 63.9 Å². The Bertz CT molecular complexity index is 2730. The second-order valence-corrected chi connectivity index (χ2v) is 13.2. The molecule has 0 aliphatic heterocycles. The highest BCUT2D eigenvalue weighted by Gasteiger charge is 2.17. The number of benzene rings is 7. The van der Waals surface area contributed by atoms with E-state index in [9.17, 15) is 0 Å². The molecule has 0 amide bonds. The van der Waals surface area contributed by atoms with Crippen molar-refractivity contribution in [3.63, 3.8) is 0 Å². The Labute approximate surface area is 266 Å². The van der Waals surface area contributed by atoms with Gasteiger partial charge in [-0.05, 0) is 72.8 Å². The molecule has 0 radical (unpaired) electrons. The highest BCUT2D eigenvalue weighted by Crippen LogP contribution is 2.42. The molecule has 0 saturated carbocycles. The molecule has 4 aromatic heterocycles. The zero-order valence-corrected chi connectivity index (χ0v) is 25.4. The van der Waals surface area contributed by atoms with Crippen LogP contribution in [-0.4, -0.2) is 9.13 Å². The van der Waals surface area contributed by atoms with Crippen molar-refractivity contribution in [2.45, 2.75) is 0 Å². The first-order valence-corrected chi connectivity index (χ1v) is 16.4. The molecule has 4 heterocycles. The van der Waals surface area contributed by atoms with Gasteiger partial charge < -0.3 is 13.6 Å². The van der Waals surface area contributed by atoms with Crippen molar-refractivity contribution in [2.24, 2.45) is 0 Å². The first kappa shape index (κ1) is 24.5. The molecule has 0 N–H and O–H groups in total. The average Bonchev–Trinajstić information content (AvgIpc) is 3.84. The molecule has 0 bridgehead atoms. The van der Waals surface area contributed by atoms with Gasteiger partial charge in [0.15, 0.2) is 0 Å². The molecule has 3 nitrogen and oxygen atoms in total. The molecule has 0 spiro atoms. The fourth-order valence-corrected chi connectivity index (χ4v) is 8.81. The van der Waals surface area contributed by atoms with Gasteiger partial charge in [0.05, 0.1) is 22.1 Å². The van der Waals surface area contributed by atoms with E-state index in [0.29, 0.717) is 0 Å². The number of aromatic nitrogens is 2. The Morgan fingerprint density at radius 3 is 1.37 bits per heavy atom. The molecule has 0 aliphatic rings. The molecule has 4 heteroatoms. The van der Waals surface area contributed by atoms with Gasteiger partial charge in [-0.2, -0.15) is 0 Å². The summed E-state index contributed by atoms with van der Waals surface area (Å²) in [6.45, 7) is 0. The minimum Gasteiger partial charge on any atom is -0.456 e. The third-order valence-electron chi connectivity index (χ3n) is 9.70. The molecule has 0 fully saturated rings. The summed E-state index contributed by atoms with van der Waals surface area (Å²) in [6, 6.07) is 52.8. The summed E-state index contributed by atoms with van der Waals surface area (Å²) in [7, 11) is 0. The number of hydrogen-bond acceptors (Lipinski definition) is 2. The Morgan fingerprint density at radius 2 is 0.804 bits per heavy atom. The van der Waals surface area contributed by atoms with E-state index < -0.39 is 0 Å². The molecule has 0 aliphatic carbocycles. The number of furan rings is 1. The molecule has 0 atom stereocenters. The molecule has 0 saturated heterocycles. The fourth-order valence-electron chi connectivity index (χ4n) is 7.70. The Kier molecular flexibility index (Phi) is 4.72. The van der Waals surface area contributed by atoms with Crippen LogP contribution in [0.5, 0.6) is 0 Å².